The summed E-state index contributed by atoms with van der Waals surface area (Å²) >= 11 is 8.07. The number of hydrogen-bond acceptors (Lipinski definition) is 6. The SMILES string of the molecule is O=C(CN1C(=O)S/C(=C\c2ccc(Sc3ccccc3)o2)C1=O)c1ccc(Cl)cc1. The first-order valence-corrected chi connectivity index (χ1v) is 10.9. The zero-order valence-electron chi connectivity index (χ0n) is 15.4. The third-order valence-electron chi connectivity index (χ3n) is 4.18. The normalized spacial score (nSPS) is 15.2. The average Bonchev–Trinajstić information content (AvgIpc) is 3.28. The molecule has 3 aromatic rings. The Morgan fingerprint density at radius 2 is 1.77 bits per heavy atom. The second-order valence-electron chi connectivity index (χ2n) is 6.27. The highest BCUT2D eigenvalue weighted by Gasteiger charge is 2.36. The maximum atomic E-state index is 12.6. The molecule has 0 spiro atoms. The van der Waals surface area contributed by atoms with Crippen LogP contribution in [0.5, 0.6) is 0 Å². The van der Waals surface area contributed by atoms with Crippen molar-refractivity contribution < 1.29 is 18.8 Å². The molecule has 8 heteroatoms. The number of halogens is 1. The van der Waals surface area contributed by atoms with E-state index >= 15 is 0 Å². The molecule has 5 nitrogen and oxygen atoms in total. The number of carbonyl (C=O) groups is 3. The van der Waals surface area contributed by atoms with Crippen molar-refractivity contribution in [3.05, 3.63) is 88.0 Å². The third-order valence-corrected chi connectivity index (χ3v) is 6.27. The van der Waals surface area contributed by atoms with E-state index in [1.54, 1.807) is 36.4 Å². The van der Waals surface area contributed by atoms with E-state index in [-0.39, 0.29) is 17.2 Å². The monoisotopic (exact) mass is 455 g/mol. The molecule has 1 fully saturated rings. The largest absolute Gasteiger partial charge is 0.450 e. The van der Waals surface area contributed by atoms with Crippen LogP contribution in [0.15, 0.2) is 86.0 Å². The number of thioether (sulfide) groups is 1. The van der Waals surface area contributed by atoms with Gasteiger partial charge in [0, 0.05) is 21.6 Å². The quantitative estimate of drug-likeness (QED) is 0.335. The van der Waals surface area contributed by atoms with E-state index in [1.165, 1.54) is 17.8 Å². The van der Waals surface area contributed by atoms with Gasteiger partial charge in [0.15, 0.2) is 10.9 Å². The molecule has 0 aliphatic carbocycles. The highest BCUT2D eigenvalue weighted by molar-refractivity contribution is 8.18. The van der Waals surface area contributed by atoms with Gasteiger partial charge in [-0.15, -0.1) is 0 Å². The number of ketones is 1. The van der Waals surface area contributed by atoms with Crippen LogP contribution < -0.4 is 0 Å². The number of amides is 2. The summed E-state index contributed by atoms with van der Waals surface area (Å²) in [7, 11) is 0. The van der Waals surface area contributed by atoms with Crippen LogP contribution in [0.3, 0.4) is 0 Å². The Kier molecular flexibility index (Phi) is 6.13. The van der Waals surface area contributed by atoms with Gasteiger partial charge < -0.3 is 4.42 Å². The minimum absolute atomic E-state index is 0.217. The van der Waals surface area contributed by atoms with Crippen molar-refractivity contribution in [2.24, 2.45) is 0 Å². The molecule has 0 N–H and O–H groups in total. The number of Topliss-reactive ketones (excluding diaryl/α,β-unsaturated/α-hetero) is 1. The van der Waals surface area contributed by atoms with Crippen molar-refractivity contribution in [3.8, 4) is 0 Å². The molecule has 0 saturated carbocycles. The van der Waals surface area contributed by atoms with Crippen LogP contribution in [0.25, 0.3) is 6.08 Å². The van der Waals surface area contributed by atoms with Gasteiger partial charge in [0.05, 0.1) is 11.4 Å². The molecule has 2 heterocycles. The summed E-state index contributed by atoms with van der Waals surface area (Å²) in [5.41, 5.74) is 0.385. The van der Waals surface area contributed by atoms with Crippen LogP contribution in [0, 0.1) is 0 Å². The van der Waals surface area contributed by atoms with Gasteiger partial charge in [-0.1, -0.05) is 41.6 Å². The molecule has 1 aliphatic rings. The first-order chi connectivity index (χ1) is 14.5. The fourth-order valence-electron chi connectivity index (χ4n) is 2.71. The molecule has 0 unspecified atom stereocenters. The zero-order valence-corrected chi connectivity index (χ0v) is 17.8. The summed E-state index contributed by atoms with van der Waals surface area (Å²) in [5, 5.41) is 0.687. The molecule has 2 aromatic carbocycles. The van der Waals surface area contributed by atoms with E-state index in [2.05, 4.69) is 0 Å². The van der Waals surface area contributed by atoms with E-state index in [4.69, 9.17) is 16.0 Å². The van der Waals surface area contributed by atoms with Gasteiger partial charge in [-0.2, -0.15) is 0 Å². The molecule has 1 aromatic heterocycles. The number of rotatable bonds is 6. The fourth-order valence-corrected chi connectivity index (χ4v) is 4.45. The van der Waals surface area contributed by atoms with Crippen molar-refractivity contribution in [3.63, 3.8) is 0 Å². The van der Waals surface area contributed by atoms with Gasteiger partial charge in [-0.25, -0.2) is 0 Å². The minimum atomic E-state index is -0.513. The Morgan fingerprint density at radius 1 is 1.03 bits per heavy atom. The lowest BCUT2D eigenvalue weighted by Gasteiger charge is -2.11. The highest BCUT2D eigenvalue weighted by atomic mass is 35.5. The average molecular weight is 456 g/mol. The second-order valence-corrected chi connectivity index (χ2v) is 8.78. The van der Waals surface area contributed by atoms with Gasteiger partial charge in [0.1, 0.15) is 5.76 Å². The zero-order chi connectivity index (χ0) is 21.1. The van der Waals surface area contributed by atoms with Crippen molar-refractivity contribution in [2.75, 3.05) is 6.54 Å². The Labute approximate surface area is 186 Å². The van der Waals surface area contributed by atoms with Crippen LogP contribution in [0.1, 0.15) is 16.1 Å². The molecular formula is C22H14ClNO4S2. The number of nitrogens with zero attached hydrogens (tertiary/aromatic N) is 1. The highest BCUT2D eigenvalue weighted by Crippen LogP contribution is 2.34. The van der Waals surface area contributed by atoms with Crippen LogP contribution >= 0.6 is 35.1 Å². The lowest BCUT2D eigenvalue weighted by atomic mass is 10.1. The van der Waals surface area contributed by atoms with Crippen LogP contribution in [0.2, 0.25) is 5.02 Å². The summed E-state index contributed by atoms with van der Waals surface area (Å²) in [6.07, 6.45) is 1.52. The predicted molar refractivity (Wildman–Crippen MR) is 118 cm³/mol. The minimum Gasteiger partial charge on any atom is -0.450 e. The van der Waals surface area contributed by atoms with Crippen LogP contribution in [0.4, 0.5) is 4.79 Å². The molecule has 2 amide bonds. The van der Waals surface area contributed by atoms with Gasteiger partial charge in [0.25, 0.3) is 11.1 Å². The summed E-state index contributed by atoms with van der Waals surface area (Å²) in [5.74, 6) is -0.390. The molecule has 0 bridgehead atoms. The fraction of sp³-hybridized carbons (Fsp3) is 0.0455. The van der Waals surface area contributed by atoms with Gasteiger partial charge in [0.2, 0.25) is 0 Å². The van der Waals surface area contributed by atoms with Crippen molar-refractivity contribution in [1.82, 2.24) is 4.90 Å². The standard InChI is InChI=1S/C22H14ClNO4S2/c23-15-8-6-14(7-9-15)18(25)13-24-21(26)19(30-22(24)27)12-16-10-11-20(28-16)29-17-4-2-1-3-5-17/h1-12H,13H2/b19-12-. The Bertz CT molecular complexity index is 1140. The third kappa shape index (κ3) is 4.70. The molecular weight excluding hydrogens is 442 g/mol. The Hall–Kier alpha value is -2.74. The maximum Gasteiger partial charge on any atom is 0.293 e. The lowest BCUT2D eigenvalue weighted by Crippen LogP contribution is -2.33. The molecule has 1 aliphatic heterocycles. The smallest absolute Gasteiger partial charge is 0.293 e. The number of imide groups is 1. The molecule has 150 valence electrons. The van der Waals surface area contributed by atoms with E-state index in [9.17, 15) is 14.4 Å². The number of carbonyl (C=O) groups excluding carboxylic acids is 3. The lowest BCUT2D eigenvalue weighted by molar-refractivity contribution is -0.122. The summed E-state index contributed by atoms with van der Waals surface area (Å²) in [6, 6.07) is 19.6. The molecule has 4 rings (SSSR count). The van der Waals surface area contributed by atoms with E-state index in [1.807, 2.05) is 30.3 Å². The van der Waals surface area contributed by atoms with E-state index in [0.717, 1.165) is 21.6 Å². The molecule has 0 radical (unpaired) electrons. The second kappa shape index (κ2) is 8.95. The Morgan fingerprint density at radius 3 is 2.50 bits per heavy atom. The van der Waals surface area contributed by atoms with E-state index in [0.29, 0.717) is 21.4 Å². The van der Waals surface area contributed by atoms with E-state index < -0.39 is 11.1 Å². The predicted octanol–water partition coefficient (Wildman–Crippen LogP) is 6.00. The van der Waals surface area contributed by atoms with Crippen molar-refractivity contribution in [2.45, 2.75) is 9.99 Å². The van der Waals surface area contributed by atoms with Crippen molar-refractivity contribution >= 4 is 58.1 Å². The number of furan rings is 1. The first-order valence-electron chi connectivity index (χ1n) is 8.86. The Balaban J connectivity index is 1.45. The van der Waals surface area contributed by atoms with Crippen LogP contribution in [-0.4, -0.2) is 28.4 Å². The topological polar surface area (TPSA) is 67.6 Å². The van der Waals surface area contributed by atoms with Gasteiger partial charge in [-0.3, -0.25) is 19.3 Å². The number of hydrogen-bond donors (Lipinski definition) is 0. The van der Waals surface area contributed by atoms with Gasteiger partial charge in [-0.05, 0) is 60.3 Å². The summed E-state index contributed by atoms with van der Waals surface area (Å²) in [6.45, 7) is -0.323. The molecule has 1 saturated heterocycles. The summed E-state index contributed by atoms with van der Waals surface area (Å²) in [4.78, 5) is 39.5. The molecule has 0 atom stereocenters. The summed E-state index contributed by atoms with van der Waals surface area (Å²) < 4.78 is 5.74. The maximum absolute atomic E-state index is 12.6. The van der Waals surface area contributed by atoms with Crippen molar-refractivity contribution in [1.29, 1.82) is 0 Å². The number of benzene rings is 2. The molecule has 30 heavy (non-hydrogen) atoms. The van der Waals surface area contributed by atoms with Crippen LogP contribution in [-0.2, 0) is 4.79 Å². The van der Waals surface area contributed by atoms with Gasteiger partial charge >= 0.3 is 0 Å². The first kappa shape index (κ1) is 20.5.